The molecule has 1 aliphatic rings. The fourth-order valence-electron chi connectivity index (χ4n) is 1.63. The summed E-state index contributed by atoms with van der Waals surface area (Å²) in [7, 11) is 1.76. The summed E-state index contributed by atoms with van der Waals surface area (Å²) in [4.78, 5) is 13.0. The topological polar surface area (TPSA) is 29.5 Å². The van der Waals surface area contributed by atoms with Crippen LogP contribution in [0.4, 0.5) is 5.69 Å². The Hall–Kier alpha value is -1.16. The van der Waals surface area contributed by atoms with Crippen LogP contribution in [-0.2, 0) is 11.2 Å². The summed E-state index contributed by atoms with van der Waals surface area (Å²) in [6.07, 6.45) is 0.923. The minimum atomic E-state index is -0.00259. The van der Waals surface area contributed by atoms with Gasteiger partial charge in [0.25, 0.3) is 0 Å². The number of thiol groups is 1. The molecule has 4 heteroatoms. The van der Waals surface area contributed by atoms with Crippen molar-refractivity contribution in [3.63, 3.8) is 0 Å². The zero-order valence-electron chi connectivity index (χ0n) is 8.56. The third-order valence-corrected chi connectivity index (χ3v) is 2.84. The van der Waals surface area contributed by atoms with Crippen molar-refractivity contribution < 1.29 is 9.53 Å². The number of carbonyl (C=O) groups is 1. The van der Waals surface area contributed by atoms with Crippen molar-refractivity contribution in [1.82, 2.24) is 0 Å². The SMILES string of the molecule is CN(C(=O)CS)c1ccc2c(c1)CCO2. The van der Waals surface area contributed by atoms with Gasteiger partial charge in [0.15, 0.2) is 0 Å². The molecule has 0 aromatic heterocycles. The predicted molar refractivity (Wildman–Crippen MR) is 62.9 cm³/mol. The van der Waals surface area contributed by atoms with Crippen molar-refractivity contribution in [1.29, 1.82) is 0 Å². The van der Waals surface area contributed by atoms with Crippen LogP contribution in [0.15, 0.2) is 18.2 Å². The Morgan fingerprint density at radius 2 is 2.40 bits per heavy atom. The van der Waals surface area contributed by atoms with Gasteiger partial charge in [0, 0.05) is 19.2 Å². The molecule has 0 saturated heterocycles. The van der Waals surface area contributed by atoms with Crippen molar-refractivity contribution in [3.05, 3.63) is 23.8 Å². The Morgan fingerprint density at radius 1 is 1.60 bits per heavy atom. The van der Waals surface area contributed by atoms with E-state index in [1.165, 1.54) is 5.56 Å². The molecule has 1 aliphatic heterocycles. The molecule has 2 rings (SSSR count). The van der Waals surface area contributed by atoms with E-state index in [9.17, 15) is 4.79 Å². The summed E-state index contributed by atoms with van der Waals surface area (Å²) in [6.45, 7) is 0.739. The number of anilines is 1. The van der Waals surface area contributed by atoms with Gasteiger partial charge in [-0.15, -0.1) is 0 Å². The van der Waals surface area contributed by atoms with Crippen molar-refractivity contribution in [2.24, 2.45) is 0 Å². The molecule has 1 aromatic rings. The average Bonchev–Trinajstić information content (AvgIpc) is 2.73. The molecule has 0 bridgehead atoms. The third-order valence-electron chi connectivity index (χ3n) is 2.57. The van der Waals surface area contributed by atoms with E-state index in [1.807, 2.05) is 18.2 Å². The molecule has 15 heavy (non-hydrogen) atoms. The van der Waals surface area contributed by atoms with Crippen LogP contribution < -0.4 is 9.64 Å². The molecule has 0 fully saturated rings. The largest absolute Gasteiger partial charge is 0.493 e. The molecule has 3 nitrogen and oxygen atoms in total. The molecule has 0 N–H and O–H groups in total. The first-order chi connectivity index (χ1) is 7.22. The van der Waals surface area contributed by atoms with Gasteiger partial charge >= 0.3 is 0 Å². The van der Waals surface area contributed by atoms with Gasteiger partial charge in [-0.3, -0.25) is 4.79 Å². The number of fused-ring (bicyclic) bond motifs is 1. The number of hydrogen-bond acceptors (Lipinski definition) is 3. The van der Waals surface area contributed by atoms with E-state index < -0.39 is 0 Å². The molecule has 0 unspecified atom stereocenters. The highest BCUT2D eigenvalue weighted by molar-refractivity contribution is 7.81. The maximum absolute atomic E-state index is 11.4. The number of carbonyl (C=O) groups excluding carboxylic acids is 1. The lowest BCUT2D eigenvalue weighted by atomic mass is 10.1. The molecule has 1 amide bonds. The lowest BCUT2D eigenvalue weighted by molar-refractivity contribution is -0.115. The van der Waals surface area contributed by atoms with Crippen LogP contribution in [0.1, 0.15) is 5.56 Å². The van der Waals surface area contributed by atoms with E-state index in [4.69, 9.17) is 4.74 Å². The molecule has 0 spiro atoms. The number of hydrogen-bond donors (Lipinski definition) is 1. The second-order valence-electron chi connectivity index (χ2n) is 3.50. The second-order valence-corrected chi connectivity index (χ2v) is 3.82. The minimum Gasteiger partial charge on any atom is -0.493 e. The van der Waals surface area contributed by atoms with Crippen molar-refractivity contribution in [3.8, 4) is 5.75 Å². The summed E-state index contributed by atoms with van der Waals surface area (Å²) in [5, 5.41) is 0. The van der Waals surface area contributed by atoms with Crippen LogP contribution in [-0.4, -0.2) is 25.3 Å². The number of benzene rings is 1. The fourth-order valence-corrected chi connectivity index (χ4v) is 1.84. The molecule has 1 heterocycles. The van der Waals surface area contributed by atoms with Crippen LogP contribution in [0.3, 0.4) is 0 Å². The molecule has 0 atom stereocenters. The number of ether oxygens (including phenoxy) is 1. The van der Waals surface area contributed by atoms with Gasteiger partial charge < -0.3 is 9.64 Å². The van der Waals surface area contributed by atoms with Crippen LogP contribution in [0.25, 0.3) is 0 Å². The van der Waals surface area contributed by atoms with Crippen LogP contribution in [0.5, 0.6) is 5.75 Å². The quantitative estimate of drug-likeness (QED) is 0.770. The van der Waals surface area contributed by atoms with Gasteiger partial charge in [0.05, 0.1) is 12.4 Å². The average molecular weight is 223 g/mol. The Balaban J connectivity index is 2.26. The highest BCUT2D eigenvalue weighted by Gasteiger charge is 2.15. The third kappa shape index (κ3) is 1.95. The molecule has 0 saturated carbocycles. The molecular weight excluding hydrogens is 210 g/mol. The lowest BCUT2D eigenvalue weighted by Gasteiger charge is -2.16. The first kappa shape index (κ1) is 10.4. The zero-order valence-corrected chi connectivity index (χ0v) is 9.46. The van der Waals surface area contributed by atoms with Gasteiger partial charge in [-0.05, 0) is 23.8 Å². The predicted octanol–water partition coefficient (Wildman–Crippen LogP) is 1.51. The van der Waals surface area contributed by atoms with E-state index in [0.717, 1.165) is 24.5 Å². The summed E-state index contributed by atoms with van der Waals surface area (Å²) in [6, 6.07) is 5.81. The van der Waals surface area contributed by atoms with Crippen molar-refractivity contribution in [2.45, 2.75) is 6.42 Å². The van der Waals surface area contributed by atoms with E-state index in [-0.39, 0.29) is 11.7 Å². The standard InChI is InChI=1S/C11H13NO2S/c1-12(11(13)7-15)9-2-3-10-8(6-9)4-5-14-10/h2-3,6,15H,4-5,7H2,1H3. The molecule has 0 radical (unpaired) electrons. The normalized spacial score (nSPS) is 13.2. The molecular formula is C11H13NO2S. The van der Waals surface area contributed by atoms with Gasteiger partial charge in [0.2, 0.25) is 5.91 Å². The first-order valence-electron chi connectivity index (χ1n) is 4.85. The number of nitrogens with zero attached hydrogens (tertiary/aromatic N) is 1. The Bertz CT molecular complexity index is 392. The highest BCUT2D eigenvalue weighted by atomic mass is 32.1. The van der Waals surface area contributed by atoms with Crippen LogP contribution in [0, 0.1) is 0 Å². The highest BCUT2D eigenvalue weighted by Crippen LogP contribution is 2.29. The second kappa shape index (κ2) is 4.14. The maximum Gasteiger partial charge on any atom is 0.236 e. The maximum atomic E-state index is 11.4. The molecule has 1 aromatic carbocycles. The minimum absolute atomic E-state index is 0.00259. The van der Waals surface area contributed by atoms with Gasteiger partial charge in [-0.2, -0.15) is 12.6 Å². The summed E-state index contributed by atoms with van der Waals surface area (Å²) >= 11 is 3.97. The molecule has 80 valence electrons. The van der Waals surface area contributed by atoms with Gasteiger partial charge in [-0.1, -0.05) is 0 Å². The van der Waals surface area contributed by atoms with E-state index >= 15 is 0 Å². The van der Waals surface area contributed by atoms with Gasteiger partial charge in [-0.25, -0.2) is 0 Å². The van der Waals surface area contributed by atoms with Crippen LogP contribution >= 0.6 is 12.6 Å². The summed E-state index contributed by atoms with van der Waals surface area (Å²) in [5.41, 5.74) is 2.07. The fraction of sp³-hybridized carbons (Fsp3) is 0.364. The lowest BCUT2D eigenvalue weighted by Crippen LogP contribution is -2.27. The number of amides is 1. The van der Waals surface area contributed by atoms with Crippen molar-refractivity contribution in [2.75, 3.05) is 24.3 Å². The van der Waals surface area contributed by atoms with Crippen molar-refractivity contribution >= 4 is 24.2 Å². The van der Waals surface area contributed by atoms with E-state index in [1.54, 1.807) is 11.9 Å². The Morgan fingerprint density at radius 3 is 3.13 bits per heavy atom. The number of rotatable bonds is 2. The summed E-state index contributed by atoms with van der Waals surface area (Å²) in [5.74, 6) is 1.16. The Labute approximate surface area is 94.4 Å². The van der Waals surface area contributed by atoms with Gasteiger partial charge in [0.1, 0.15) is 5.75 Å². The summed E-state index contributed by atoms with van der Waals surface area (Å²) < 4.78 is 5.40. The van der Waals surface area contributed by atoms with E-state index in [0.29, 0.717) is 0 Å². The zero-order chi connectivity index (χ0) is 10.8. The van der Waals surface area contributed by atoms with Crippen LogP contribution in [0.2, 0.25) is 0 Å². The smallest absolute Gasteiger partial charge is 0.236 e. The van der Waals surface area contributed by atoms with E-state index in [2.05, 4.69) is 12.6 Å². The monoisotopic (exact) mass is 223 g/mol. The molecule has 0 aliphatic carbocycles. The first-order valence-corrected chi connectivity index (χ1v) is 5.49. The Kier molecular flexibility index (Phi) is 2.86.